The highest BCUT2D eigenvalue weighted by Gasteiger charge is 2.23. The third-order valence-electron chi connectivity index (χ3n) is 3.78. The van der Waals surface area contributed by atoms with Crippen molar-refractivity contribution < 1.29 is 18.0 Å². The molecule has 0 aliphatic heterocycles. The smallest absolute Gasteiger partial charge is 0.266 e. The Morgan fingerprint density at radius 1 is 0.750 bits per heavy atom. The molecule has 0 aliphatic rings. The Morgan fingerprint density at radius 3 is 1.86 bits per heavy atom. The third-order valence-corrected chi connectivity index (χ3v) is 5.39. The van der Waals surface area contributed by atoms with Crippen molar-refractivity contribution in [3.8, 4) is 0 Å². The number of sulfonamides is 1. The van der Waals surface area contributed by atoms with Crippen molar-refractivity contribution in [2.45, 2.75) is 4.90 Å². The Kier molecular flexibility index (Phi) is 5.77. The fourth-order valence-electron chi connectivity index (χ4n) is 2.43. The summed E-state index contributed by atoms with van der Waals surface area (Å²) in [5, 5.41) is 2.69. The molecule has 0 fully saturated rings. The van der Waals surface area contributed by atoms with E-state index in [1.165, 1.54) is 30.3 Å². The Morgan fingerprint density at radius 2 is 1.29 bits per heavy atom. The van der Waals surface area contributed by atoms with Crippen LogP contribution in [0.25, 0.3) is 0 Å². The van der Waals surface area contributed by atoms with Gasteiger partial charge in [0.2, 0.25) is 0 Å². The van der Waals surface area contributed by atoms with Gasteiger partial charge in [0.15, 0.2) is 0 Å². The van der Waals surface area contributed by atoms with Gasteiger partial charge in [-0.2, -0.15) is 0 Å². The van der Waals surface area contributed by atoms with Gasteiger partial charge < -0.3 is 5.32 Å². The molecule has 0 saturated heterocycles. The quantitative estimate of drug-likeness (QED) is 0.665. The van der Waals surface area contributed by atoms with Gasteiger partial charge in [-0.25, -0.2) is 13.1 Å². The zero-order valence-electron chi connectivity index (χ0n) is 14.4. The van der Waals surface area contributed by atoms with Crippen molar-refractivity contribution in [3.05, 3.63) is 95.0 Å². The van der Waals surface area contributed by atoms with Crippen molar-refractivity contribution in [2.75, 3.05) is 5.32 Å². The number of carbonyl (C=O) groups excluding carboxylic acids is 2. The highest BCUT2D eigenvalue weighted by molar-refractivity contribution is 7.90. The fourth-order valence-corrected chi connectivity index (χ4v) is 3.83. The number of rotatable bonds is 5. The lowest BCUT2D eigenvalue weighted by Crippen LogP contribution is -2.31. The first-order valence-electron chi connectivity index (χ1n) is 8.15. The SMILES string of the molecule is O=C(Nc1ccc(Cl)cc1S(=O)(=O)NC(=O)c1ccccc1)c1ccccc1. The number of anilines is 1. The Labute approximate surface area is 167 Å². The summed E-state index contributed by atoms with van der Waals surface area (Å²) in [6.45, 7) is 0. The van der Waals surface area contributed by atoms with E-state index in [1.807, 2.05) is 4.72 Å². The molecule has 3 aromatic rings. The van der Waals surface area contributed by atoms with Crippen molar-refractivity contribution >= 4 is 39.1 Å². The number of carbonyl (C=O) groups is 2. The summed E-state index contributed by atoms with van der Waals surface area (Å²) in [4.78, 5) is 24.3. The molecule has 0 radical (unpaired) electrons. The van der Waals surface area contributed by atoms with E-state index in [0.717, 1.165) is 0 Å². The van der Waals surface area contributed by atoms with E-state index in [1.54, 1.807) is 48.5 Å². The first kappa shape index (κ1) is 19.6. The van der Waals surface area contributed by atoms with Crippen LogP contribution >= 0.6 is 11.6 Å². The molecule has 3 aromatic carbocycles. The molecule has 0 unspecified atom stereocenters. The molecule has 28 heavy (non-hydrogen) atoms. The summed E-state index contributed by atoms with van der Waals surface area (Å²) in [5.41, 5.74) is 0.545. The van der Waals surface area contributed by atoms with E-state index < -0.39 is 21.8 Å². The largest absolute Gasteiger partial charge is 0.321 e. The minimum Gasteiger partial charge on any atom is -0.321 e. The fraction of sp³-hybridized carbons (Fsp3) is 0. The normalized spacial score (nSPS) is 10.9. The van der Waals surface area contributed by atoms with Crippen LogP contribution in [0.15, 0.2) is 83.8 Å². The van der Waals surface area contributed by atoms with Crippen molar-refractivity contribution in [1.29, 1.82) is 0 Å². The monoisotopic (exact) mass is 414 g/mol. The number of nitrogens with one attached hydrogen (secondary N) is 2. The van der Waals surface area contributed by atoms with Crippen molar-refractivity contribution in [1.82, 2.24) is 4.72 Å². The zero-order valence-corrected chi connectivity index (χ0v) is 16.0. The number of hydrogen-bond acceptors (Lipinski definition) is 4. The van der Waals surface area contributed by atoms with Gasteiger partial charge in [-0.05, 0) is 42.5 Å². The molecular formula is C20H15ClN2O4S. The molecule has 0 atom stereocenters. The predicted octanol–water partition coefficient (Wildman–Crippen LogP) is 3.71. The van der Waals surface area contributed by atoms with Gasteiger partial charge in [0, 0.05) is 16.1 Å². The average Bonchev–Trinajstić information content (AvgIpc) is 2.70. The second-order valence-electron chi connectivity index (χ2n) is 5.76. The van der Waals surface area contributed by atoms with Crippen LogP contribution in [-0.4, -0.2) is 20.2 Å². The topological polar surface area (TPSA) is 92.3 Å². The van der Waals surface area contributed by atoms with Crippen LogP contribution < -0.4 is 10.0 Å². The number of halogens is 1. The van der Waals surface area contributed by atoms with Crippen LogP contribution in [0.4, 0.5) is 5.69 Å². The lowest BCUT2D eigenvalue weighted by molar-refractivity contribution is 0.0980. The second kappa shape index (κ2) is 8.24. The minimum atomic E-state index is -4.29. The molecule has 142 valence electrons. The summed E-state index contributed by atoms with van der Waals surface area (Å²) in [5.74, 6) is -1.28. The van der Waals surface area contributed by atoms with Crippen LogP contribution in [0, 0.1) is 0 Å². The van der Waals surface area contributed by atoms with Gasteiger partial charge in [-0.3, -0.25) is 9.59 Å². The molecule has 0 aromatic heterocycles. The van der Waals surface area contributed by atoms with E-state index in [0.29, 0.717) is 5.56 Å². The van der Waals surface area contributed by atoms with Gasteiger partial charge in [-0.1, -0.05) is 48.0 Å². The van der Waals surface area contributed by atoms with Crippen LogP contribution in [0.3, 0.4) is 0 Å². The van der Waals surface area contributed by atoms with E-state index in [9.17, 15) is 18.0 Å². The van der Waals surface area contributed by atoms with Crippen LogP contribution in [0.2, 0.25) is 5.02 Å². The molecule has 2 amide bonds. The molecule has 0 bridgehead atoms. The maximum absolute atomic E-state index is 12.8. The lowest BCUT2D eigenvalue weighted by atomic mass is 10.2. The first-order chi connectivity index (χ1) is 13.4. The maximum Gasteiger partial charge on any atom is 0.266 e. The number of hydrogen-bond donors (Lipinski definition) is 2. The lowest BCUT2D eigenvalue weighted by Gasteiger charge is -2.13. The third kappa shape index (κ3) is 4.57. The van der Waals surface area contributed by atoms with Crippen molar-refractivity contribution in [3.63, 3.8) is 0 Å². The van der Waals surface area contributed by atoms with E-state index >= 15 is 0 Å². The van der Waals surface area contributed by atoms with Gasteiger partial charge >= 0.3 is 0 Å². The minimum absolute atomic E-state index is 0.00612. The molecular weight excluding hydrogens is 400 g/mol. The summed E-state index contributed by atoms with van der Waals surface area (Å²) in [6, 6.07) is 20.2. The Hall–Kier alpha value is -3.16. The average molecular weight is 415 g/mol. The highest BCUT2D eigenvalue weighted by Crippen LogP contribution is 2.26. The molecule has 6 nitrogen and oxygen atoms in total. The second-order valence-corrected chi connectivity index (χ2v) is 7.85. The highest BCUT2D eigenvalue weighted by atomic mass is 35.5. The summed E-state index contributed by atoms with van der Waals surface area (Å²) in [7, 11) is -4.29. The molecule has 3 rings (SSSR count). The molecule has 0 aliphatic carbocycles. The summed E-state index contributed by atoms with van der Waals surface area (Å²) >= 11 is 5.94. The van der Waals surface area contributed by atoms with Crippen molar-refractivity contribution in [2.24, 2.45) is 0 Å². The Bertz CT molecular complexity index is 1120. The summed E-state index contributed by atoms with van der Waals surface area (Å²) in [6.07, 6.45) is 0. The summed E-state index contributed by atoms with van der Waals surface area (Å²) < 4.78 is 27.5. The maximum atomic E-state index is 12.8. The van der Waals surface area contributed by atoms with Gasteiger partial charge in [0.05, 0.1) is 5.69 Å². The molecule has 0 heterocycles. The van der Waals surface area contributed by atoms with Gasteiger partial charge in [0.1, 0.15) is 4.90 Å². The molecule has 8 heteroatoms. The zero-order chi connectivity index (χ0) is 20.1. The van der Waals surface area contributed by atoms with E-state index in [-0.39, 0.29) is 21.2 Å². The van der Waals surface area contributed by atoms with Gasteiger partial charge in [-0.15, -0.1) is 0 Å². The number of amides is 2. The van der Waals surface area contributed by atoms with E-state index in [2.05, 4.69) is 5.32 Å². The standard InChI is InChI=1S/C20H15ClN2O4S/c21-16-11-12-17(22-19(24)14-7-3-1-4-8-14)18(13-16)28(26,27)23-20(25)15-9-5-2-6-10-15/h1-13H,(H,22,24)(H,23,25). The number of benzene rings is 3. The molecule has 0 spiro atoms. The van der Waals surface area contributed by atoms with E-state index in [4.69, 9.17) is 11.6 Å². The molecule has 0 saturated carbocycles. The Balaban J connectivity index is 1.91. The molecule has 2 N–H and O–H groups in total. The van der Waals surface area contributed by atoms with Crippen LogP contribution in [0.5, 0.6) is 0 Å². The van der Waals surface area contributed by atoms with Gasteiger partial charge in [0.25, 0.3) is 21.8 Å². The first-order valence-corrected chi connectivity index (χ1v) is 10.0. The predicted molar refractivity (Wildman–Crippen MR) is 107 cm³/mol. The van der Waals surface area contributed by atoms with Crippen LogP contribution in [0.1, 0.15) is 20.7 Å². The van der Waals surface area contributed by atoms with Crippen LogP contribution in [-0.2, 0) is 10.0 Å².